The summed E-state index contributed by atoms with van der Waals surface area (Å²) in [6.45, 7) is 6.86. The van der Waals surface area contributed by atoms with Crippen LogP contribution in [0, 0.1) is 0 Å². The first-order valence-corrected chi connectivity index (χ1v) is 20.7. The van der Waals surface area contributed by atoms with Crippen LogP contribution >= 0.6 is 0 Å². The fourth-order valence-corrected chi connectivity index (χ4v) is 8.95. The van der Waals surface area contributed by atoms with E-state index in [4.69, 9.17) is 9.97 Å². The number of hydrogen-bond donors (Lipinski definition) is 0. The molecule has 0 spiro atoms. The van der Waals surface area contributed by atoms with Crippen molar-refractivity contribution in [1.29, 1.82) is 0 Å². The maximum atomic E-state index is 5.29. The molecular weight excluding hydrogens is 729 g/mol. The van der Waals surface area contributed by atoms with Crippen LogP contribution in [-0.2, 0) is 5.41 Å². The predicted octanol–water partition coefficient (Wildman–Crippen LogP) is 14.6. The molecular formula is C56H42N4. The number of para-hydroxylation sites is 4. The predicted molar refractivity (Wildman–Crippen MR) is 251 cm³/mol. The molecule has 0 aliphatic rings. The third-order valence-electron chi connectivity index (χ3n) is 11.9. The fourth-order valence-electron chi connectivity index (χ4n) is 8.95. The summed E-state index contributed by atoms with van der Waals surface area (Å²) < 4.78 is 4.88. The lowest BCUT2D eigenvalue weighted by Crippen LogP contribution is -2.10. The molecule has 4 nitrogen and oxygen atoms in total. The summed E-state index contributed by atoms with van der Waals surface area (Å²) >= 11 is 0. The van der Waals surface area contributed by atoms with E-state index in [-0.39, 0.29) is 5.41 Å². The zero-order valence-electron chi connectivity index (χ0n) is 33.8. The molecule has 0 N–H and O–H groups in total. The highest BCUT2D eigenvalue weighted by Gasteiger charge is 2.23. The maximum Gasteiger partial charge on any atom is 0.160 e. The Kier molecular flexibility index (Phi) is 8.35. The lowest BCUT2D eigenvalue weighted by atomic mass is 9.86. The molecule has 4 heteroatoms. The molecule has 0 unspecified atom stereocenters. The van der Waals surface area contributed by atoms with Gasteiger partial charge in [0, 0.05) is 49.4 Å². The summed E-state index contributed by atoms with van der Waals surface area (Å²) in [5.74, 6) is 0.675. The van der Waals surface area contributed by atoms with Gasteiger partial charge in [0.15, 0.2) is 5.82 Å². The van der Waals surface area contributed by atoms with Crippen molar-refractivity contribution in [3.8, 4) is 56.4 Å². The Hall–Kier alpha value is -7.56. The first-order chi connectivity index (χ1) is 29.4. The first kappa shape index (κ1) is 35.6. The zero-order valence-corrected chi connectivity index (χ0v) is 33.8. The molecule has 8 aromatic carbocycles. The SMILES string of the molecule is CC(C)(C)c1ccc2c(c1)c1ccccc1n2-c1ccc(-c2nc(-c3ccccc3)cc(-c3ccccc3)n2)cc1-c1ccccc1-n1c2ccccc2c2ccccc21. The van der Waals surface area contributed by atoms with Crippen molar-refractivity contribution in [2.45, 2.75) is 26.2 Å². The Morgan fingerprint density at radius 1 is 0.350 bits per heavy atom. The van der Waals surface area contributed by atoms with Gasteiger partial charge in [-0.15, -0.1) is 0 Å². The molecule has 0 radical (unpaired) electrons. The number of fused-ring (bicyclic) bond motifs is 6. The Morgan fingerprint density at radius 2 is 0.817 bits per heavy atom. The standard InChI is InChI=1S/C56H42N4/c1-56(2,3)40-31-33-54-46(35-40)44-25-13-17-29-52(44)60(54)53-32-30-39(55-57-47(37-18-6-4-7-19-37)36-48(58-55)38-20-8-5-9-21-38)34-45(53)43-24-12-16-28-51(43)59-49-26-14-10-22-41(49)42-23-11-15-27-50(42)59/h4-36H,1-3H3. The minimum Gasteiger partial charge on any atom is -0.309 e. The molecule has 0 bridgehead atoms. The zero-order chi connectivity index (χ0) is 40.4. The minimum absolute atomic E-state index is 0.0122. The number of nitrogens with zero attached hydrogens (tertiary/aromatic N) is 4. The van der Waals surface area contributed by atoms with Gasteiger partial charge in [0.25, 0.3) is 0 Å². The average Bonchev–Trinajstić information content (AvgIpc) is 3.81. The Labute approximate surface area is 349 Å². The molecule has 3 aromatic heterocycles. The van der Waals surface area contributed by atoms with Crippen molar-refractivity contribution in [3.63, 3.8) is 0 Å². The van der Waals surface area contributed by atoms with Crippen molar-refractivity contribution >= 4 is 43.6 Å². The van der Waals surface area contributed by atoms with Crippen LogP contribution in [0.25, 0.3) is 100 Å². The number of benzene rings is 8. The topological polar surface area (TPSA) is 35.6 Å². The quantitative estimate of drug-likeness (QED) is 0.169. The van der Waals surface area contributed by atoms with Crippen LogP contribution in [-0.4, -0.2) is 19.1 Å². The molecule has 0 fully saturated rings. The van der Waals surface area contributed by atoms with Crippen LogP contribution in [0.2, 0.25) is 0 Å². The van der Waals surface area contributed by atoms with Gasteiger partial charge >= 0.3 is 0 Å². The van der Waals surface area contributed by atoms with Gasteiger partial charge in [-0.3, -0.25) is 0 Å². The monoisotopic (exact) mass is 770 g/mol. The van der Waals surface area contributed by atoms with E-state index in [1.807, 2.05) is 12.1 Å². The van der Waals surface area contributed by atoms with Crippen LogP contribution < -0.4 is 0 Å². The van der Waals surface area contributed by atoms with Gasteiger partial charge in [0.2, 0.25) is 0 Å². The molecule has 0 amide bonds. The van der Waals surface area contributed by atoms with E-state index in [2.05, 4.69) is 218 Å². The largest absolute Gasteiger partial charge is 0.309 e. The highest BCUT2D eigenvalue weighted by atomic mass is 15.0. The van der Waals surface area contributed by atoms with Crippen LogP contribution in [0.3, 0.4) is 0 Å². The molecule has 11 aromatic rings. The first-order valence-electron chi connectivity index (χ1n) is 20.7. The third kappa shape index (κ3) is 5.91. The van der Waals surface area contributed by atoms with Crippen LogP contribution in [0.5, 0.6) is 0 Å². The number of rotatable bonds is 6. The van der Waals surface area contributed by atoms with E-state index in [9.17, 15) is 0 Å². The number of aromatic nitrogens is 4. The fraction of sp³-hybridized carbons (Fsp3) is 0.0714. The number of hydrogen-bond acceptors (Lipinski definition) is 2. The maximum absolute atomic E-state index is 5.29. The van der Waals surface area contributed by atoms with Crippen molar-refractivity contribution in [2.24, 2.45) is 0 Å². The van der Waals surface area contributed by atoms with Crippen LogP contribution in [0.4, 0.5) is 0 Å². The van der Waals surface area contributed by atoms with Gasteiger partial charge in [-0.1, -0.05) is 160 Å². The van der Waals surface area contributed by atoms with E-state index in [1.165, 1.54) is 43.7 Å². The van der Waals surface area contributed by atoms with E-state index >= 15 is 0 Å². The van der Waals surface area contributed by atoms with Crippen LogP contribution in [0.1, 0.15) is 26.3 Å². The van der Waals surface area contributed by atoms with E-state index in [0.29, 0.717) is 5.82 Å². The minimum atomic E-state index is 0.0122. The van der Waals surface area contributed by atoms with Crippen molar-refractivity contribution in [2.75, 3.05) is 0 Å². The van der Waals surface area contributed by atoms with E-state index in [1.54, 1.807) is 0 Å². The Balaban J connectivity index is 1.22. The molecule has 0 saturated heterocycles. The molecule has 286 valence electrons. The molecule has 3 heterocycles. The normalized spacial score (nSPS) is 11.9. The smallest absolute Gasteiger partial charge is 0.160 e. The van der Waals surface area contributed by atoms with Gasteiger partial charge in [-0.2, -0.15) is 0 Å². The highest BCUT2D eigenvalue weighted by Crippen LogP contribution is 2.43. The lowest BCUT2D eigenvalue weighted by molar-refractivity contribution is 0.591. The van der Waals surface area contributed by atoms with Gasteiger partial charge in [-0.25, -0.2) is 9.97 Å². The van der Waals surface area contributed by atoms with E-state index in [0.717, 1.165) is 56.1 Å². The summed E-state index contributed by atoms with van der Waals surface area (Å²) in [4.78, 5) is 10.6. The summed E-state index contributed by atoms with van der Waals surface area (Å²) in [6.07, 6.45) is 0. The molecule has 11 rings (SSSR count). The lowest BCUT2D eigenvalue weighted by Gasteiger charge is -2.21. The second-order valence-corrected chi connectivity index (χ2v) is 16.6. The second kappa shape index (κ2) is 14.1. The van der Waals surface area contributed by atoms with Crippen molar-refractivity contribution in [3.05, 3.63) is 206 Å². The van der Waals surface area contributed by atoms with Gasteiger partial charge in [0.05, 0.1) is 44.8 Å². The van der Waals surface area contributed by atoms with E-state index < -0.39 is 0 Å². The molecule has 0 saturated carbocycles. The second-order valence-electron chi connectivity index (χ2n) is 16.6. The molecule has 0 aliphatic carbocycles. The third-order valence-corrected chi connectivity index (χ3v) is 11.9. The van der Waals surface area contributed by atoms with Crippen molar-refractivity contribution in [1.82, 2.24) is 19.1 Å². The Morgan fingerprint density at radius 3 is 1.38 bits per heavy atom. The highest BCUT2D eigenvalue weighted by molar-refractivity contribution is 6.11. The van der Waals surface area contributed by atoms with Crippen molar-refractivity contribution < 1.29 is 0 Å². The molecule has 60 heavy (non-hydrogen) atoms. The van der Waals surface area contributed by atoms with Gasteiger partial charge in [0.1, 0.15) is 0 Å². The Bertz CT molecular complexity index is 3290. The average molecular weight is 771 g/mol. The summed E-state index contributed by atoms with van der Waals surface area (Å²) in [5, 5.41) is 4.94. The summed E-state index contributed by atoms with van der Waals surface area (Å²) in [7, 11) is 0. The molecule has 0 aliphatic heterocycles. The van der Waals surface area contributed by atoms with Gasteiger partial charge in [-0.05, 0) is 71.6 Å². The summed E-state index contributed by atoms with van der Waals surface area (Å²) in [6, 6.07) is 71.8. The molecule has 0 atom stereocenters. The van der Waals surface area contributed by atoms with Crippen LogP contribution in [0.15, 0.2) is 200 Å². The van der Waals surface area contributed by atoms with Gasteiger partial charge < -0.3 is 9.13 Å². The summed E-state index contributed by atoms with van der Waals surface area (Å²) in [5.41, 5.74) is 15.2.